The summed E-state index contributed by atoms with van der Waals surface area (Å²) in [4.78, 5) is 19.4. The van der Waals surface area contributed by atoms with Crippen molar-refractivity contribution in [3.63, 3.8) is 0 Å². The van der Waals surface area contributed by atoms with Crippen LogP contribution in [0.25, 0.3) is 0 Å². The molecule has 1 fully saturated rings. The molecule has 5 heteroatoms. The number of rotatable bonds is 5. The van der Waals surface area contributed by atoms with Gasteiger partial charge < -0.3 is 10.2 Å². The maximum absolute atomic E-state index is 12.8. The minimum absolute atomic E-state index is 0.0786. The van der Waals surface area contributed by atoms with E-state index in [1.807, 2.05) is 36.4 Å². The second-order valence-corrected chi connectivity index (χ2v) is 7.58. The lowest BCUT2D eigenvalue weighted by atomic mass is 9.84. The van der Waals surface area contributed by atoms with Crippen molar-refractivity contribution < 1.29 is 4.79 Å². The highest BCUT2D eigenvalue weighted by Gasteiger charge is 2.24. The van der Waals surface area contributed by atoms with Crippen LogP contribution in [0, 0.1) is 0 Å². The van der Waals surface area contributed by atoms with Crippen molar-refractivity contribution in [3.05, 3.63) is 58.7 Å². The van der Waals surface area contributed by atoms with Crippen molar-refractivity contribution in [3.8, 4) is 0 Å². The van der Waals surface area contributed by atoms with Crippen molar-refractivity contribution in [2.24, 2.45) is 0 Å². The maximum Gasteiger partial charge on any atom is 0.255 e. The number of pyridine rings is 1. The van der Waals surface area contributed by atoms with Gasteiger partial charge in [-0.25, -0.2) is 4.98 Å². The number of carbonyl (C=O) groups is 1. The lowest BCUT2D eigenvalue weighted by Crippen LogP contribution is -2.37. The summed E-state index contributed by atoms with van der Waals surface area (Å²) in [6, 6.07) is 11.5. The molecule has 1 saturated heterocycles. The van der Waals surface area contributed by atoms with Gasteiger partial charge in [0.2, 0.25) is 0 Å². The van der Waals surface area contributed by atoms with E-state index in [9.17, 15) is 4.79 Å². The van der Waals surface area contributed by atoms with Gasteiger partial charge in [-0.05, 0) is 42.7 Å². The molecule has 132 valence electrons. The average Bonchev–Trinajstić information content (AvgIpc) is 3.14. The van der Waals surface area contributed by atoms with Gasteiger partial charge in [-0.1, -0.05) is 37.6 Å². The Bertz CT molecular complexity index is 754. The molecule has 4 nitrogen and oxygen atoms in total. The number of nitrogens with one attached hydrogen (secondary N) is 1. The largest absolute Gasteiger partial charge is 0.356 e. The molecular formula is C20H24ClN3O. The van der Waals surface area contributed by atoms with Crippen molar-refractivity contribution >= 4 is 23.3 Å². The lowest BCUT2D eigenvalue weighted by molar-refractivity contribution is 0.0946. The van der Waals surface area contributed by atoms with Gasteiger partial charge in [-0.2, -0.15) is 0 Å². The van der Waals surface area contributed by atoms with Crippen LogP contribution in [0.2, 0.25) is 5.02 Å². The Balaban J connectivity index is 1.72. The third-order valence-corrected chi connectivity index (χ3v) is 4.97. The predicted molar refractivity (Wildman–Crippen MR) is 102 cm³/mol. The first-order chi connectivity index (χ1) is 12.0. The summed E-state index contributed by atoms with van der Waals surface area (Å²) < 4.78 is 0. The van der Waals surface area contributed by atoms with E-state index in [1.165, 1.54) is 0 Å². The van der Waals surface area contributed by atoms with Gasteiger partial charge >= 0.3 is 0 Å². The van der Waals surface area contributed by atoms with Gasteiger partial charge in [0.1, 0.15) is 5.82 Å². The summed E-state index contributed by atoms with van der Waals surface area (Å²) in [5.74, 6) is 0.711. The molecule has 0 bridgehead atoms. The van der Waals surface area contributed by atoms with E-state index in [0.29, 0.717) is 17.1 Å². The van der Waals surface area contributed by atoms with Gasteiger partial charge in [-0.3, -0.25) is 4.79 Å². The van der Waals surface area contributed by atoms with Crippen LogP contribution in [0.4, 0.5) is 5.82 Å². The number of anilines is 1. The standard InChI is InChI=1S/C20H24ClN3O/c1-20(2,15-7-5-8-16(21)13-15)14-23-19(25)17-9-6-10-22-18(17)24-11-3-4-12-24/h5-10,13H,3-4,11-12,14H2,1-2H3,(H,23,25). The van der Waals surface area contributed by atoms with Crippen LogP contribution in [0.5, 0.6) is 0 Å². The van der Waals surface area contributed by atoms with E-state index >= 15 is 0 Å². The Morgan fingerprint density at radius 1 is 1.24 bits per heavy atom. The highest BCUT2D eigenvalue weighted by molar-refractivity contribution is 6.30. The molecule has 1 aliphatic rings. The summed E-state index contributed by atoms with van der Waals surface area (Å²) in [6.45, 7) is 6.66. The number of benzene rings is 1. The first-order valence-corrected chi connectivity index (χ1v) is 9.09. The zero-order valence-corrected chi connectivity index (χ0v) is 15.5. The van der Waals surface area contributed by atoms with Crippen LogP contribution in [-0.2, 0) is 5.41 Å². The summed E-state index contributed by atoms with van der Waals surface area (Å²) in [6.07, 6.45) is 4.05. The van der Waals surface area contributed by atoms with E-state index in [2.05, 4.69) is 29.0 Å². The Hall–Kier alpha value is -2.07. The normalized spacial score (nSPS) is 14.6. The topological polar surface area (TPSA) is 45.2 Å². The summed E-state index contributed by atoms with van der Waals surface area (Å²) >= 11 is 6.10. The van der Waals surface area contributed by atoms with E-state index in [0.717, 1.165) is 37.3 Å². The number of aromatic nitrogens is 1. The zero-order chi connectivity index (χ0) is 17.9. The molecule has 3 rings (SSSR count). The van der Waals surface area contributed by atoms with E-state index in [1.54, 1.807) is 6.20 Å². The highest BCUT2D eigenvalue weighted by atomic mass is 35.5. The van der Waals surface area contributed by atoms with Crippen LogP contribution in [-0.4, -0.2) is 30.5 Å². The number of amides is 1. The van der Waals surface area contributed by atoms with Crippen LogP contribution in [0.3, 0.4) is 0 Å². The fraction of sp³-hybridized carbons (Fsp3) is 0.400. The van der Waals surface area contributed by atoms with Crippen LogP contribution >= 0.6 is 11.6 Å². The Kier molecular flexibility index (Phi) is 5.28. The highest BCUT2D eigenvalue weighted by Crippen LogP contribution is 2.26. The number of halogens is 1. The van der Waals surface area contributed by atoms with Crippen LogP contribution < -0.4 is 10.2 Å². The molecule has 0 saturated carbocycles. The first-order valence-electron chi connectivity index (χ1n) is 8.71. The van der Waals surface area contributed by atoms with Crippen molar-refractivity contribution in [2.45, 2.75) is 32.1 Å². The number of carbonyl (C=O) groups excluding carboxylic acids is 1. The van der Waals surface area contributed by atoms with Crippen molar-refractivity contribution in [1.82, 2.24) is 10.3 Å². The molecule has 1 amide bonds. The van der Waals surface area contributed by atoms with E-state index < -0.39 is 0 Å². The second kappa shape index (κ2) is 7.44. The Morgan fingerprint density at radius 3 is 2.72 bits per heavy atom. The van der Waals surface area contributed by atoms with Crippen LogP contribution in [0.1, 0.15) is 42.6 Å². The lowest BCUT2D eigenvalue weighted by Gasteiger charge is -2.26. The molecular weight excluding hydrogens is 334 g/mol. The Morgan fingerprint density at radius 2 is 2.00 bits per heavy atom. The fourth-order valence-corrected chi connectivity index (χ4v) is 3.35. The number of hydrogen-bond donors (Lipinski definition) is 1. The Labute approximate surface area is 154 Å². The molecule has 25 heavy (non-hydrogen) atoms. The molecule has 0 aliphatic carbocycles. The van der Waals surface area contributed by atoms with Gasteiger partial charge in [0.25, 0.3) is 5.91 Å². The molecule has 0 radical (unpaired) electrons. The number of hydrogen-bond acceptors (Lipinski definition) is 3. The van der Waals surface area contributed by atoms with Crippen LogP contribution in [0.15, 0.2) is 42.6 Å². The molecule has 2 aromatic rings. The summed E-state index contributed by atoms with van der Waals surface area (Å²) in [7, 11) is 0. The van der Waals surface area contributed by atoms with Gasteiger partial charge in [0.15, 0.2) is 0 Å². The zero-order valence-electron chi connectivity index (χ0n) is 14.8. The fourth-order valence-electron chi connectivity index (χ4n) is 3.16. The first kappa shape index (κ1) is 17.7. The van der Waals surface area contributed by atoms with Crippen molar-refractivity contribution in [1.29, 1.82) is 0 Å². The molecule has 2 heterocycles. The third kappa shape index (κ3) is 4.13. The molecule has 0 spiro atoms. The van der Waals surface area contributed by atoms with E-state index in [4.69, 9.17) is 11.6 Å². The third-order valence-electron chi connectivity index (χ3n) is 4.73. The van der Waals surface area contributed by atoms with Gasteiger partial charge in [-0.15, -0.1) is 0 Å². The van der Waals surface area contributed by atoms with Gasteiger partial charge in [0.05, 0.1) is 5.56 Å². The number of nitrogens with zero attached hydrogens (tertiary/aromatic N) is 2. The predicted octanol–water partition coefficient (Wildman–Crippen LogP) is 4.04. The molecule has 1 aliphatic heterocycles. The minimum Gasteiger partial charge on any atom is -0.356 e. The SMILES string of the molecule is CC(C)(CNC(=O)c1cccnc1N1CCCC1)c1cccc(Cl)c1. The van der Waals surface area contributed by atoms with Gasteiger partial charge in [0, 0.05) is 36.3 Å². The monoisotopic (exact) mass is 357 g/mol. The second-order valence-electron chi connectivity index (χ2n) is 7.15. The molecule has 0 unspecified atom stereocenters. The van der Waals surface area contributed by atoms with Crippen molar-refractivity contribution in [2.75, 3.05) is 24.5 Å². The van der Waals surface area contributed by atoms with E-state index in [-0.39, 0.29) is 11.3 Å². The summed E-state index contributed by atoms with van der Waals surface area (Å²) in [5, 5.41) is 3.78. The minimum atomic E-state index is -0.212. The quantitative estimate of drug-likeness (QED) is 0.878. The average molecular weight is 358 g/mol. The smallest absolute Gasteiger partial charge is 0.255 e. The molecule has 1 N–H and O–H groups in total. The molecule has 0 atom stereocenters. The maximum atomic E-state index is 12.8. The summed E-state index contributed by atoms with van der Waals surface area (Å²) in [5.41, 5.74) is 1.54. The molecule has 1 aromatic carbocycles. The molecule has 1 aromatic heterocycles.